The summed E-state index contributed by atoms with van der Waals surface area (Å²) in [6.07, 6.45) is 6.64. The summed E-state index contributed by atoms with van der Waals surface area (Å²) < 4.78 is 5.60. The number of nitrogens with one attached hydrogen (secondary N) is 1. The molecule has 1 aliphatic rings. The maximum atomic E-state index is 10.7. The highest BCUT2D eigenvalue weighted by Crippen LogP contribution is 2.25. The van der Waals surface area contributed by atoms with E-state index in [1.807, 2.05) is 12.1 Å². The highest BCUT2D eigenvalue weighted by Gasteiger charge is 2.24. The Morgan fingerprint density at radius 1 is 1.30 bits per heavy atom. The lowest BCUT2D eigenvalue weighted by Gasteiger charge is -2.33. The molecule has 7 nitrogen and oxygen atoms in total. The molecular weight excluding hydrogens is 296 g/mol. The number of pyridine rings is 1. The molecule has 1 fully saturated rings. The molecule has 1 N–H and O–H groups in total. The number of nitro groups is 1. The lowest BCUT2D eigenvalue weighted by Crippen LogP contribution is -2.37. The fourth-order valence-electron chi connectivity index (χ4n) is 2.92. The molecule has 1 saturated heterocycles. The van der Waals surface area contributed by atoms with Crippen molar-refractivity contribution in [2.45, 2.75) is 25.3 Å². The van der Waals surface area contributed by atoms with Gasteiger partial charge in [0.1, 0.15) is 17.8 Å². The van der Waals surface area contributed by atoms with Crippen molar-refractivity contribution in [2.75, 3.05) is 25.0 Å². The second-order valence-electron chi connectivity index (χ2n) is 5.67. The number of furan rings is 1. The summed E-state index contributed by atoms with van der Waals surface area (Å²) in [6, 6.07) is 7.12. The molecule has 0 saturated carbocycles. The van der Waals surface area contributed by atoms with Crippen LogP contribution in [0.4, 0.5) is 11.5 Å². The van der Waals surface area contributed by atoms with Gasteiger partial charge in [-0.25, -0.2) is 4.98 Å². The van der Waals surface area contributed by atoms with Crippen LogP contribution in [0.2, 0.25) is 0 Å². The number of hydrogen-bond donors (Lipinski definition) is 1. The van der Waals surface area contributed by atoms with E-state index in [1.165, 1.54) is 31.5 Å². The van der Waals surface area contributed by atoms with Crippen LogP contribution in [-0.2, 0) is 0 Å². The Kier molecular flexibility index (Phi) is 4.87. The number of rotatable bonds is 6. The lowest BCUT2D eigenvalue weighted by atomic mass is 10.1. The van der Waals surface area contributed by atoms with E-state index in [1.54, 1.807) is 12.3 Å². The summed E-state index contributed by atoms with van der Waals surface area (Å²) >= 11 is 0. The quantitative estimate of drug-likeness (QED) is 0.650. The summed E-state index contributed by atoms with van der Waals surface area (Å²) in [5.74, 6) is 1.56. The van der Waals surface area contributed by atoms with E-state index in [0.29, 0.717) is 12.4 Å². The first-order valence-electron chi connectivity index (χ1n) is 7.86. The zero-order valence-corrected chi connectivity index (χ0v) is 12.9. The van der Waals surface area contributed by atoms with Gasteiger partial charge in [0.15, 0.2) is 0 Å². The van der Waals surface area contributed by atoms with Crippen LogP contribution in [0.15, 0.2) is 41.1 Å². The van der Waals surface area contributed by atoms with Gasteiger partial charge in [-0.2, -0.15) is 0 Å². The van der Waals surface area contributed by atoms with Gasteiger partial charge in [0, 0.05) is 12.6 Å². The van der Waals surface area contributed by atoms with Gasteiger partial charge in [-0.05, 0) is 44.1 Å². The molecule has 7 heteroatoms. The van der Waals surface area contributed by atoms with Gasteiger partial charge >= 0.3 is 0 Å². The monoisotopic (exact) mass is 316 g/mol. The summed E-state index contributed by atoms with van der Waals surface area (Å²) in [7, 11) is 0. The minimum atomic E-state index is -0.448. The molecule has 2 aromatic rings. The molecule has 0 spiro atoms. The number of aromatic nitrogens is 1. The van der Waals surface area contributed by atoms with Crippen molar-refractivity contribution in [1.82, 2.24) is 9.88 Å². The number of hydrogen-bond acceptors (Lipinski definition) is 6. The van der Waals surface area contributed by atoms with Crippen molar-refractivity contribution in [3.63, 3.8) is 0 Å². The molecule has 122 valence electrons. The summed E-state index contributed by atoms with van der Waals surface area (Å²) in [6.45, 7) is 2.76. The van der Waals surface area contributed by atoms with Gasteiger partial charge in [-0.15, -0.1) is 0 Å². The van der Waals surface area contributed by atoms with Gasteiger partial charge in [-0.1, -0.05) is 6.42 Å². The SMILES string of the molecule is O=[N+]([O-])c1ccc(NCC(c2ccco2)N2CCCCC2)nc1. The van der Waals surface area contributed by atoms with Crippen molar-refractivity contribution in [3.8, 4) is 0 Å². The molecule has 0 amide bonds. The van der Waals surface area contributed by atoms with Crippen LogP contribution in [0.5, 0.6) is 0 Å². The molecule has 0 bridgehead atoms. The maximum Gasteiger partial charge on any atom is 0.287 e. The second-order valence-corrected chi connectivity index (χ2v) is 5.67. The molecule has 1 aliphatic heterocycles. The molecule has 23 heavy (non-hydrogen) atoms. The average molecular weight is 316 g/mol. The smallest absolute Gasteiger partial charge is 0.287 e. The van der Waals surface area contributed by atoms with Gasteiger partial charge in [0.05, 0.1) is 17.2 Å². The Morgan fingerprint density at radius 2 is 2.13 bits per heavy atom. The zero-order chi connectivity index (χ0) is 16.1. The van der Waals surface area contributed by atoms with E-state index in [2.05, 4.69) is 15.2 Å². The van der Waals surface area contributed by atoms with Crippen LogP contribution in [0.25, 0.3) is 0 Å². The van der Waals surface area contributed by atoms with Crippen LogP contribution in [0.1, 0.15) is 31.1 Å². The number of nitrogens with zero attached hydrogens (tertiary/aromatic N) is 3. The topological polar surface area (TPSA) is 84.4 Å². The second kappa shape index (κ2) is 7.23. The van der Waals surface area contributed by atoms with Gasteiger partial charge in [0.25, 0.3) is 5.69 Å². The Bertz CT molecular complexity index is 621. The van der Waals surface area contributed by atoms with E-state index in [9.17, 15) is 10.1 Å². The Labute approximate surface area is 134 Å². The molecule has 0 aliphatic carbocycles. The van der Waals surface area contributed by atoms with Crippen LogP contribution < -0.4 is 5.32 Å². The first kappa shape index (κ1) is 15.5. The van der Waals surface area contributed by atoms with E-state index >= 15 is 0 Å². The fourth-order valence-corrected chi connectivity index (χ4v) is 2.92. The minimum absolute atomic E-state index is 0.00540. The Morgan fingerprint density at radius 3 is 2.74 bits per heavy atom. The average Bonchev–Trinajstić information content (AvgIpc) is 3.11. The molecule has 2 aromatic heterocycles. The van der Waals surface area contributed by atoms with E-state index in [-0.39, 0.29) is 11.7 Å². The van der Waals surface area contributed by atoms with Crippen LogP contribution >= 0.6 is 0 Å². The fraction of sp³-hybridized carbons (Fsp3) is 0.438. The van der Waals surface area contributed by atoms with Crippen molar-refractivity contribution in [2.24, 2.45) is 0 Å². The normalized spacial score (nSPS) is 16.9. The minimum Gasteiger partial charge on any atom is -0.468 e. The van der Waals surface area contributed by atoms with Gasteiger partial charge in [-0.3, -0.25) is 15.0 Å². The number of anilines is 1. The van der Waals surface area contributed by atoms with Crippen LogP contribution in [0.3, 0.4) is 0 Å². The molecule has 0 aromatic carbocycles. The van der Waals surface area contributed by atoms with Crippen molar-refractivity contribution >= 4 is 11.5 Å². The van der Waals surface area contributed by atoms with Crippen molar-refractivity contribution in [1.29, 1.82) is 0 Å². The van der Waals surface area contributed by atoms with Crippen LogP contribution in [-0.4, -0.2) is 34.4 Å². The van der Waals surface area contributed by atoms with E-state index < -0.39 is 4.92 Å². The summed E-state index contributed by atoms with van der Waals surface area (Å²) in [4.78, 5) is 16.7. The van der Waals surface area contributed by atoms with Crippen molar-refractivity contribution in [3.05, 3.63) is 52.6 Å². The zero-order valence-electron chi connectivity index (χ0n) is 12.9. The highest BCUT2D eigenvalue weighted by atomic mass is 16.6. The largest absolute Gasteiger partial charge is 0.468 e. The number of likely N-dealkylation sites (tertiary alicyclic amines) is 1. The number of piperidine rings is 1. The molecular formula is C16H20N4O3. The summed E-state index contributed by atoms with van der Waals surface area (Å²) in [5.41, 5.74) is -0.00540. The summed E-state index contributed by atoms with van der Waals surface area (Å²) in [5, 5.41) is 13.9. The Balaban J connectivity index is 1.67. The van der Waals surface area contributed by atoms with E-state index in [0.717, 1.165) is 18.8 Å². The maximum absolute atomic E-state index is 10.7. The molecule has 3 heterocycles. The molecule has 1 unspecified atom stereocenters. The molecule has 3 rings (SSSR count). The third-order valence-corrected chi connectivity index (χ3v) is 4.14. The van der Waals surface area contributed by atoms with Crippen molar-refractivity contribution < 1.29 is 9.34 Å². The molecule has 1 atom stereocenters. The predicted molar refractivity (Wildman–Crippen MR) is 86.3 cm³/mol. The third kappa shape index (κ3) is 3.87. The standard InChI is InChI=1S/C16H20N4O3/c21-20(22)13-6-7-16(17-11-13)18-12-14(15-5-4-10-23-15)19-8-2-1-3-9-19/h4-7,10-11,14H,1-3,8-9,12H2,(H,17,18). The van der Waals surface area contributed by atoms with E-state index in [4.69, 9.17) is 4.42 Å². The van der Waals surface area contributed by atoms with Gasteiger partial charge < -0.3 is 9.73 Å². The third-order valence-electron chi connectivity index (χ3n) is 4.14. The Hall–Kier alpha value is -2.41. The predicted octanol–water partition coefficient (Wildman–Crippen LogP) is 3.22. The first-order chi connectivity index (χ1) is 11.2. The van der Waals surface area contributed by atoms with Gasteiger partial charge in [0.2, 0.25) is 0 Å². The highest BCUT2D eigenvalue weighted by molar-refractivity contribution is 5.40. The molecule has 0 radical (unpaired) electrons. The lowest BCUT2D eigenvalue weighted by molar-refractivity contribution is -0.385. The van der Waals surface area contributed by atoms with Crippen LogP contribution in [0, 0.1) is 10.1 Å². The first-order valence-corrected chi connectivity index (χ1v) is 7.86.